The van der Waals surface area contributed by atoms with E-state index in [1.807, 2.05) is 66.4 Å². The van der Waals surface area contributed by atoms with Crippen LogP contribution in [0.3, 0.4) is 0 Å². The minimum Gasteiger partial charge on any atom is -0.480 e. The molecule has 11 nitrogen and oxygen atoms in total. The van der Waals surface area contributed by atoms with E-state index >= 15 is 0 Å². The summed E-state index contributed by atoms with van der Waals surface area (Å²) in [5, 5.41) is 18.1. The van der Waals surface area contributed by atoms with Gasteiger partial charge in [-0.3, -0.25) is 33.9 Å². The van der Waals surface area contributed by atoms with Gasteiger partial charge in [-0.1, -0.05) is 61.5 Å². The number of ketones is 2. The van der Waals surface area contributed by atoms with E-state index in [1.54, 1.807) is 16.8 Å². The summed E-state index contributed by atoms with van der Waals surface area (Å²) in [7, 11) is 1.71. The second kappa shape index (κ2) is 20.5. The lowest BCUT2D eigenvalue weighted by atomic mass is 10.0. The molecule has 44 heavy (non-hydrogen) atoms. The molecule has 0 heterocycles. The van der Waals surface area contributed by atoms with Crippen molar-refractivity contribution >= 4 is 23.5 Å². The predicted octanol–water partition coefficient (Wildman–Crippen LogP) is 1.96. The molecule has 242 valence electrons. The maximum Gasteiger partial charge on any atom is 0.317 e. The molecule has 0 aliphatic carbocycles. The Balaban J connectivity index is 1.77. The second-order valence-electron chi connectivity index (χ2n) is 11.1. The third-order valence-electron chi connectivity index (χ3n) is 7.37. The maximum absolute atomic E-state index is 12.9. The first-order valence-corrected chi connectivity index (χ1v) is 15.1. The Bertz CT molecular complexity index is 1160. The van der Waals surface area contributed by atoms with Crippen LogP contribution in [-0.4, -0.2) is 120 Å². The third kappa shape index (κ3) is 15.8. The van der Waals surface area contributed by atoms with Crippen LogP contribution in [0, 0.1) is 0 Å². The van der Waals surface area contributed by atoms with Crippen molar-refractivity contribution in [3.8, 4) is 0 Å². The van der Waals surface area contributed by atoms with Gasteiger partial charge in [-0.2, -0.15) is 0 Å². The highest BCUT2D eigenvalue weighted by Crippen LogP contribution is 2.10. The molecule has 0 aliphatic heterocycles. The number of hydrogen-bond acceptors (Lipinski definition) is 9. The van der Waals surface area contributed by atoms with Gasteiger partial charge in [0.25, 0.3) is 0 Å². The van der Waals surface area contributed by atoms with Crippen LogP contribution in [0.1, 0.15) is 36.5 Å². The normalized spacial score (nSPS) is 12.1. The summed E-state index contributed by atoms with van der Waals surface area (Å²) < 4.78 is 5.61. The monoisotopic (exact) mass is 612 g/mol. The lowest BCUT2D eigenvalue weighted by molar-refractivity contribution is -0.139. The fraction of sp³-hybridized carbons (Fsp3) is 0.515. The number of carboxylic acid groups (broad SMARTS) is 2. The summed E-state index contributed by atoms with van der Waals surface area (Å²) in [6.07, 6.45) is 2.23. The molecule has 0 saturated heterocycles. The summed E-state index contributed by atoms with van der Waals surface area (Å²) in [6, 6.07) is 17.1. The van der Waals surface area contributed by atoms with E-state index < -0.39 is 18.0 Å². The van der Waals surface area contributed by atoms with Gasteiger partial charge in [0.15, 0.2) is 5.78 Å². The lowest BCUT2D eigenvalue weighted by Gasteiger charge is -2.27. The van der Waals surface area contributed by atoms with Crippen LogP contribution in [0.4, 0.5) is 0 Å². The number of aliphatic carboxylic acids is 2. The van der Waals surface area contributed by atoms with Crippen LogP contribution in [0.2, 0.25) is 0 Å². The summed E-state index contributed by atoms with van der Waals surface area (Å²) in [5.41, 5.74) is 9.12. The topological polar surface area (TPSA) is 154 Å². The van der Waals surface area contributed by atoms with Gasteiger partial charge >= 0.3 is 11.9 Å². The number of nitrogens with zero attached hydrogens (tertiary/aromatic N) is 3. The van der Waals surface area contributed by atoms with E-state index in [4.69, 9.17) is 20.7 Å². The number of carboxylic acids is 2. The molecule has 2 rings (SSSR count). The molecule has 0 saturated carbocycles. The minimum absolute atomic E-state index is 0.0405. The van der Waals surface area contributed by atoms with E-state index in [0.717, 1.165) is 23.1 Å². The van der Waals surface area contributed by atoms with Crippen LogP contribution < -0.4 is 5.73 Å². The van der Waals surface area contributed by atoms with E-state index in [0.29, 0.717) is 52.0 Å². The molecule has 0 aromatic heterocycles. The first-order chi connectivity index (χ1) is 21.0. The lowest BCUT2D eigenvalue weighted by Crippen LogP contribution is -2.43. The molecule has 0 unspecified atom stereocenters. The third-order valence-corrected chi connectivity index (χ3v) is 7.37. The first kappa shape index (κ1) is 36.7. The second-order valence-corrected chi connectivity index (χ2v) is 11.1. The predicted molar refractivity (Wildman–Crippen MR) is 168 cm³/mol. The molecule has 0 radical (unpaired) electrons. The fourth-order valence-corrected chi connectivity index (χ4v) is 4.63. The molecule has 2 aromatic carbocycles. The minimum atomic E-state index is -0.918. The molecule has 0 fully saturated rings. The maximum atomic E-state index is 12.9. The van der Waals surface area contributed by atoms with E-state index in [2.05, 4.69) is 0 Å². The van der Waals surface area contributed by atoms with Crippen molar-refractivity contribution in [2.24, 2.45) is 5.73 Å². The smallest absolute Gasteiger partial charge is 0.317 e. The number of aryl methyl sites for hydroxylation is 2. The average Bonchev–Trinajstić information content (AvgIpc) is 2.99. The number of likely N-dealkylation sites (N-methyl/N-ethyl adjacent to an activating group) is 2. The number of carbonyl (C=O) groups excluding carboxylic acids is 2. The number of ether oxygens (including phenoxy) is 1. The van der Waals surface area contributed by atoms with Gasteiger partial charge in [-0.05, 0) is 49.5 Å². The molecule has 0 aliphatic rings. The average molecular weight is 613 g/mol. The molecule has 0 amide bonds. The number of carbonyl (C=O) groups is 4. The molecule has 11 heteroatoms. The van der Waals surface area contributed by atoms with Gasteiger partial charge in [0.05, 0.1) is 32.3 Å². The Morgan fingerprint density at radius 3 is 2.00 bits per heavy atom. The number of Topliss-reactive ketones (excluding diaryl/α,β-unsaturated/α-hetero) is 2. The Kier molecular flexibility index (Phi) is 17.1. The first-order valence-electron chi connectivity index (χ1n) is 15.1. The molecule has 0 bridgehead atoms. The number of benzene rings is 2. The molecule has 2 aromatic rings. The summed E-state index contributed by atoms with van der Waals surface area (Å²) in [6.45, 7) is 4.72. The summed E-state index contributed by atoms with van der Waals surface area (Å²) in [4.78, 5) is 52.8. The zero-order chi connectivity index (χ0) is 32.3. The van der Waals surface area contributed by atoms with Crippen molar-refractivity contribution in [2.75, 3.05) is 66.0 Å². The zero-order valence-electron chi connectivity index (χ0n) is 26.0. The van der Waals surface area contributed by atoms with Gasteiger partial charge in [0.1, 0.15) is 12.4 Å². The Morgan fingerprint density at radius 2 is 1.36 bits per heavy atom. The van der Waals surface area contributed by atoms with E-state index in [9.17, 15) is 19.2 Å². The number of nitrogens with two attached hydrogens (primary N) is 1. The molecular weight excluding hydrogens is 564 g/mol. The van der Waals surface area contributed by atoms with Gasteiger partial charge in [0, 0.05) is 32.6 Å². The highest BCUT2D eigenvalue weighted by Gasteiger charge is 2.16. The molecular formula is C33H48N4O7. The van der Waals surface area contributed by atoms with Gasteiger partial charge in [-0.25, -0.2) is 0 Å². The van der Waals surface area contributed by atoms with Crippen LogP contribution in [0.25, 0.3) is 0 Å². The SMILES string of the molecule is CCN(CCN(CCN(C)CC(=O)O)CC(=O)CCc1ccc(COCC(=O)[C@@H](N)CCc2ccccc2)cc1)CC(=O)O. The van der Waals surface area contributed by atoms with Crippen LogP contribution in [-0.2, 0) is 43.4 Å². The number of hydrogen-bond donors (Lipinski definition) is 3. The molecule has 4 N–H and O–H groups in total. The van der Waals surface area contributed by atoms with Crippen molar-refractivity contribution in [2.45, 2.75) is 45.3 Å². The van der Waals surface area contributed by atoms with Gasteiger partial charge in [-0.15, -0.1) is 0 Å². The van der Waals surface area contributed by atoms with Crippen molar-refractivity contribution in [3.05, 3.63) is 71.3 Å². The van der Waals surface area contributed by atoms with Crippen LogP contribution in [0.5, 0.6) is 0 Å². The fourth-order valence-electron chi connectivity index (χ4n) is 4.63. The molecule has 1 atom stereocenters. The van der Waals surface area contributed by atoms with Crippen molar-refractivity contribution in [3.63, 3.8) is 0 Å². The highest BCUT2D eigenvalue weighted by atomic mass is 16.5. The summed E-state index contributed by atoms with van der Waals surface area (Å²) >= 11 is 0. The molecule has 0 spiro atoms. The van der Waals surface area contributed by atoms with Crippen molar-refractivity contribution < 1.29 is 34.1 Å². The van der Waals surface area contributed by atoms with Crippen LogP contribution in [0.15, 0.2) is 54.6 Å². The summed E-state index contributed by atoms with van der Waals surface area (Å²) in [5.74, 6) is -1.89. The van der Waals surface area contributed by atoms with Crippen LogP contribution >= 0.6 is 0 Å². The van der Waals surface area contributed by atoms with Crippen molar-refractivity contribution in [1.82, 2.24) is 14.7 Å². The quantitative estimate of drug-likeness (QED) is 0.159. The Morgan fingerprint density at radius 1 is 0.773 bits per heavy atom. The standard InChI is InChI=1S/C33H48N4O7/c1-3-36(23-33(42)43)19-20-37(18-17-35(2)22-32(40)41)21-29(38)15-13-27-9-11-28(12-10-27)24-44-25-31(39)30(34)16-14-26-7-5-4-6-8-26/h4-12,30H,3,13-25,34H2,1-2H3,(H,40,41)(H,42,43)/t30-/m0/s1. The van der Waals surface area contributed by atoms with Gasteiger partial charge < -0.3 is 20.7 Å². The number of rotatable bonds is 24. The van der Waals surface area contributed by atoms with E-state index in [1.165, 1.54) is 0 Å². The Hall–Kier alpha value is -3.48. The zero-order valence-corrected chi connectivity index (χ0v) is 26.0. The highest BCUT2D eigenvalue weighted by molar-refractivity contribution is 5.85. The van der Waals surface area contributed by atoms with Gasteiger partial charge in [0.2, 0.25) is 0 Å². The largest absolute Gasteiger partial charge is 0.480 e. The van der Waals surface area contributed by atoms with E-state index in [-0.39, 0.29) is 44.4 Å². The Labute approximate surface area is 260 Å². The van der Waals surface area contributed by atoms with Crippen molar-refractivity contribution in [1.29, 1.82) is 0 Å².